The monoisotopic (exact) mass is 396 g/mol. The molecular weight excluding hydrogens is 364 g/mol. The quantitative estimate of drug-likeness (QED) is 0.503. The summed E-state index contributed by atoms with van der Waals surface area (Å²) in [4.78, 5) is 10.9. The summed E-state index contributed by atoms with van der Waals surface area (Å²) < 4.78 is 35.8. The van der Waals surface area contributed by atoms with Gasteiger partial charge in [-0.05, 0) is 52.0 Å². The third-order valence-corrected chi connectivity index (χ3v) is 4.42. The number of hydrogen-bond acceptors (Lipinski definition) is 7. The maximum absolute atomic E-state index is 10.9. The summed E-state index contributed by atoms with van der Waals surface area (Å²) in [6.07, 6.45) is -1.41. The molecule has 5 atom stereocenters. The van der Waals surface area contributed by atoms with Crippen LogP contribution in [0.1, 0.15) is 38.1 Å². The lowest BCUT2D eigenvalue weighted by molar-refractivity contribution is -0.302. The molecule has 0 N–H and O–H groups in total. The zero-order valence-electron chi connectivity index (χ0n) is 17.2. The lowest BCUT2D eigenvalue weighted by atomic mass is 9.98. The van der Waals surface area contributed by atoms with E-state index in [2.05, 4.69) is 0 Å². The van der Waals surface area contributed by atoms with Crippen molar-refractivity contribution in [1.29, 1.82) is 0 Å². The fourth-order valence-corrected chi connectivity index (χ4v) is 3.25. The Labute approximate surface area is 167 Å². The van der Waals surface area contributed by atoms with Gasteiger partial charge in [-0.15, -0.1) is 0 Å². The van der Waals surface area contributed by atoms with Gasteiger partial charge in [0.15, 0.2) is 0 Å². The number of carbonyl (C=O) groups excluding carboxylic acids is 1. The van der Waals surface area contributed by atoms with Gasteiger partial charge in [-0.3, -0.25) is 4.79 Å². The molecule has 158 valence electrons. The molecule has 2 rings (SSSR count). The van der Waals surface area contributed by atoms with E-state index in [1.54, 1.807) is 24.3 Å². The molecule has 0 aromatic heterocycles. The smallest absolute Gasteiger partial charge is 0.229 e. The molecule has 0 spiro atoms. The summed E-state index contributed by atoms with van der Waals surface area (Å²) in [7, 11) is 0. The Morgan fingerprint density at radius 1 is 0.857 bits per heavy atom. The van der Waals surface area contributed by atoms with Crippen LogP contribution in [0.2, 0.25) is 0 Å². The summed E-state index contributed by atoms with van der Waals surface area (Å²) in [5.74, 6) is 0.584. The fraction of sp³-hybridized carbons (Fsp3) is 0.667. The number of carbonyl (C=O) groups is 1. The van der Waals surface area contributed by atoms with Crippen molar-refractivity contribution in [2.45, 2.75) is 58.4 Å². The molecular formula is C21H32O7. The van der Waals surface area contributed by atoms with E-state index in [0.29, 0.717) is 44.3 Å². The predicted molar refractivity (Wildman–Crippen MR) is 104 cm³/mol. The Kier molecular flexibility index (Phi) is 9.87. The molecule has 0 saturated carbocycles. The van der Waals surface area contributed by atoms with Crippen LogP contribution in [0, 0.1) is 0 Å². The van der Waals surface area contributed by atoms with Crippen molar-refractivity contribution in [2.24, 2.45) is 0 Å². The Hall–Kier alpha value is -1.51. The van der Waals surface area contributed by atoms with E-state index in [4.69, 9.17) is 28.4 Å². The van der Waals surface area contributed by atoms with Crippen molar-refractivity contribution in [3.63, 3.8) is 0 Å². The molecule has 1 aromatic rings. The standard InChI is InChI=1S/C21H32O7/c1-5-23-14-17-18(24-6-2)19(25-7-3)20(26-8-4)21(28-17)27-16-11-9-15(13-22)10-12-16/h9-13,17-21H,5-8,14H2,1-4H3. The molecule has 1 saturated heterocycles. The molecule has 1 heterocycles. The van der Waals surface area contributed by atoms with Crippen LogP contribution in [0.5, 0.6) is 5.75 Å². The third-order valence-electron chi connectivity index (χ3n) is 4.42. The largest absolute Gasteiger partial charge is 0.462 e. The van der Waals surface area contributed by atoms with Gasteiger partial charge in [0.05, 0.1) is 6.61 Å². The van der Waals surface area contributed by atoms with E-state index in [9.17, 15) is 4.79 Å². The van der Waals surface area contributed by atoms with Gasteiger partial charge in [0.1, 0.15) is 36.5 Å². The van der Waals surface area contributed by atoms with Gasteiger partial charge in [-0.25, -0.2) is 0 Å². The SMILES string of the molecule is CCOCC1OC(Oc2ccc(C=O)cc2)C(OCC)C(OCC)C1OCC. The number of rotatable bonds is 12. The summed E-state index contributed by atoms with van der Waals surface area (Å²) >= 11 is 0. The molecule has 0 radical (unpaired) electrons. The van der Waals surface area contributed by atoms with Crippen LogP contribution in [0.15, 0.2) is 24.3 Å². The maximum Gasteiger partial charge on any atom is 0.229 e. The van der Waals surface area contributed by atoms with Crippen LogP contribution in [0.4, 0.5) is 0 Å². The lowest BCUT2D eigenvalue weighted by Crippen LogP contribution is -2.62. The molecule has 0 bridgehead atoms. The van der Waals surface area contributed by atoms with Crippen LogP contribution in [0.25, 0.3) is 0 Å². The van der Waals surface area contributed by atoms with Gasteiger partial charge in [-0.2, -0.15) is 0 Å². The first-order valence-electron chi connectivity index (χ1n) is 9.98. The van der Waals surface area contributed by atoms with Crippen molar-refractivity contribution in [1.82, 2.24) is 0 Å². The van der Waals surface area contributed by atoms with Gasteiger partial charge in [0, 0.05) is 32.0 Å². The number of ether oxygens (including phenoxy) is 6. The normalized spacial score (nSPS) is 27.5. The topological polar surface area (TPSA) is 72.5 Å². The first-order chi connectivity index (χ1) is 13.7. The zero-order chi connectivity index (χ0) is 20.4. The number of aldehydes is 1. The number of benzene rings is 1. The summed E-state index contributed by atoms with van der Waals surface area (Å²) in [5, 5.41) is 0. The van der Waals surface area contributed by atoms with E-state index in [-0.39, 0.29) is 18.3 Å². The predicted octanol–water partition coefficient (Wildman–Crippen LogP) is 2.85. The third kappa shape index (κ3) is 5.99. The minimum atomic E-state index is -0.694. The maximum atomic E-state index is 10.9. The molecule has 1 fully saturated rings. The van der Waals surface area contributed by atoms with E-state index in [0.717, 1.165) is 6.29 Å². The summed E-state index contributed by atoms with van der Waals surface area (Å²) in [6, 6.07) is 6.86. The minimum absolute atomic E-state index is 0.328. The summed E-state index contributed by atoms with van der Waals surface area (Å²) in [6.45, 7) is 10.2. The fourth-order valence-electron chi connectivity index (χ4n) is 3.25. The molecule has 1 aromatic carbocycles. The average molecular weight is 396 g/mol. The second kappa shape index (κ2) is 12.1. The highest BCUT2D eigenvalue weighted by Gasteiger charge is 2.49. The van der Waals surface area contributed by atoms with Gasteiger partial charge >= 0.3 is 0 Å². The van der Waals surface area contributed by atoms with Crippen molar-refractivity contribution >= 4 is 6.29 Å². The highest BCUT2D eigenvalue weighted by atomic mass is 16.7. The van der Waals surface area contributed by atoms with Crippen LogP contribution in [0.3, 0.4) is 0 Å². The van der Waals surface area contributed by atoms with E-state index < -0.39 is 12.4 Å². The highest BCUT2D eigenvalue weighted by Crippen LogP contribution is 2.30. The van der Waals surface area contributed by atoms with E-state index >= 15 is 0 Å². The molecule has 0 amide bonds. The molecule has 1 aliphatic rings. The minimum Gasteiger partial charge on any atom is -0.462 e. The molecule has 7 nitrogen and oxygen atoms in total. The Morgan fingerprint density at radius 2 is 1.46 bits per heavy atom. The second-order valence-corrected chi connectivity index (χ2v) is 6.27. The van der Waals surface area contributed by atoms with Crippen molar-refractivity contribution in [3.8, 4) is 5.75 Å². The molecule has 1 aliphatic heterocycles. The average Bonchev–Trinajstić information content (AvgIpc) is 2.71. The van der Waals surface area contributed by atoms with Crippen LogP contribution in [-0.4, -0.2) is 70.0 Å². The molecule has 7 heteroatoms. The zero-order valence-corrected chi connectivity index (χ0v) is 17.2. The van der Waals surface area contributed by atoms with Crippen molar-refractivity contribution < 1.29 is 33.2 Å². The van der Waals surface area contributed by atoms with Gasteiger partial charge in [-0.1, -0.05) is 0 Å². The van der Waals surface area contributed by atoms with Gasteiger partial charge in [0.2, 0.25) is 6.29 Å². The van der Waals surface area contributed by atoms with Crippen molar-refractivity contribution in [3.05, 3.63) is 29.8 Å². The van der Waals surface area contributed by atoms with Crippen LogP contribution >= 0.6 is 0 Å². The Morgan fingerprint density at radius 3 is 2.04 bits per heavy atom. The summed E-state index contributed by atoms with van der Waals surface area (Å²) in [5.41, 5.74) is 0.580. The second-order valence-electron chi connectivity index (χ2n) is 6.27. The molecule has 0 aliphatic carbocycles. The number of hydrogen-bond donors (Lipinski definition) is 0. The van der Waals surface area contributed by atoms with E-state index in [1.807, 2.05) is 27.7 Å². The molecule has 28 heavy (non-hydrogen) atoms. The lowest BCUT2D eigenvalue weighted by Gasteiger charge is -2.45. The van der Waals surface area contributed by atoms with Crippen molar-refractivity contribution in [2.75, 3.05) is 33.0 Å². The Balaban J connectivity index is 2.26. The van der Waals surface area contributed by atoms with Gasteiger partial charge in [0.25, 0.3) is 0 Å². The van der Waals surface area contributed by atoms with E-state index in [1.165, 1.54) is 0 Å². The first kappa shape index (κ1) is 22.8. The highest BCUT2D eigenvalue weighted by molar-refractivity contribution is 5.74. The van der Waals surface area contributed by atoms with Gasteiger partial charge < -0.3 is 28.4 Å². The molecule has 5 unspecified atom stereocenters. The first-order valence-corrected chi connectivity index (χ1v) is 9.98. The van der Waals surface area contributed by atoms with Crippen LogP contribution < -0.4 is 4.74 Å². The van der Waals surface area contributed by atoms with Crippen LogP contribution in [-0.2, 0) is 23.7 Å². The Bertz CT molecular complexity index is 562.